The second-order valence-corrected chi connectivity index (χ2v) is 8.67. The first kappa shape index (κ1) is 23.4. The van der Waals surface area contributed by atoms with Crippen LogP contribution in [0.1, 0.15) is 12.5 Å². The molecule has 1 aliphatic rings. The van der Waals surface area contributed by atoms with Crippen molar-refractivity contribution in [3.05, 3.63) is 84.4 Å². The Morgan fingerprint density at radius 3 is 2.47 bits per heavy atom. The molecule has 1 atom stereocenters. The van der Waals surface area contributed by atoms with Crippen molar-refractivity contribution >= 4 is 40.9 Å². The van der Waals surface area contributed by atoms with Gasteiger partial charge in [0.05, 0.1) is 11.4 Å². The molecular formula is C26H24N2O5S. The Morgan fingerprint density at radius 1 is 1.00 bits per heavy atom. The molecule has 2 amide bonds. The van der Waals surface area contributed by atoms with Gasteiger partial charge in [-0.15, -0.1) is 11.8 Å². The standard InChI is InChI=1S/C26H24N2O5S/c1-18(33-25(30)15-28-22-9-5-6-10-23(22)34-17-24(28)29)26(31)27-20-11-13-21(14-12-20)32-16-19-7-3-2-4-8-19/h2-14,18H,15-17H2,1H3,(H,27,31). The summed E-state index contributed by atoms with van der Waals surface area (Å²) in [5.74, 6) is -0.362. The highest BCUT2D eigenvalue weighted by Gasteiger charge is 2.28. The van der Waals surface area contributed by atoms with E-state index in [1.165, 1.54) is 23.6 Å². The molecule has 1 N–H and O–H groups in total. The first-order chi connectivity index (χ1) is 16.5. The van der Waals surface area contributed by atoms with Gasteiger partial charge in [0, 0.05) is 10.6 Å². The molecule has 0 spiro atoms. The number of anilines is 2. The van der Waals surface area contributed by atoms with E-state index in [0.29, 0.717) is 23.7 Å². The molecule has 34 heavy (non-hydrogen) atoms. The van der Waals surface area contributed by atoms with Gasteiger partial charge in [-0.1, -0.05) is 42.5 Å². The van der Waals surface area contributed by atoms with Gasteiger partial charge in [0.15, 0.2) is 6.10 Å². The maximum atomic E-state index is 12.5. The number of amides is 2. The van der Waals surface area contributed by atoms with Gasteiger partial charge < -0.3 is 14.8 Å². The fourth-order valence-electron chi connectivity index (χ4n) is 3.36. The number of nitrogens with zero attached hydrogens (tertiary/aromatic N) is 1. The monoisotopic (exact) mass is 476 g/mol. The molecule has 3 aromatic carbocycles. The number of esters is 1. The summed E-state index contributed by atoms with van der Waals surface area (Å²) in [7, 11) is 0. The molecular weight excluding hydrogens is 452 g/mol. The number of thioether (sulfide) groups is 1. The van der Waals surface area contributed by atoms with E-state index in [9.17, 15) is 14.4 Å². The van der Waals surface area contributed by atoms with Crippen molar-refractivity contribution in [2.75, 3.05) is 22.5 Å². The van der Waals surface area contributed by atoms with E-state index in [0.717, 1.165) is 10.5 Å². The molecule has 4 rings (SSSR count). The molecule has 1 unspecified atom stereocenters. The van der Waals surface area contributed by atoms with Crippen molar-refractivity contribution < 1.29 is 23.9 Å². The Balaban J connectivity index is 1.27. The van der Waals surface area contributed by atoms with Crippen LogP contribution in [0, 0.1) is 0 Å². The predicted molar refractivity (Wildman–Crippen MR) is 131 cm³/mol. The smallest absolute Gasteiger partial charge is 0.326 e. The quantitative estimate of drug-likeness (QED) is 0.489. The number of hydrogen-bond donors (Lipinski definition) is 1. The minimum atomic E-state index is -1.02. The van der Waals surface area contributed by atoms with Gasteiger partial charge in [-0.3, -0.25) is 19.3 Å². The molecule has 7 nitrogen and oxygen atoms in total. The summed E-state index contributed by atoms with van der Waals surface area (Å²) in [5, 5.41) is 2.72. The summed E-state index contributed by atoms with van der Waals surface area (Å²) < 4.78 is 11.0. The van der Waals surface area contributed by atoms with E-state index in [-0.39, 0.29) is 18.2 Å². The van der Waals surface area contributed by atoms with Crippen LogP contribution < -0.4 is 15.0 Å². The molecule has 3 aromatic rings. The van der Waals surface area contributed by atoms with Crippen molar-refractivity contribution in [2.24, 2.45) is 0 Å². The fourth-order valence-corrected chi connectivity index (χ4v) is 4.30. The highest BCUT2D eigenvalue weighted by atomic mass is 32.2. The number of hydrogen-bond acceptors (Lipinski definition) is 6. The van der Waals surface area contributed by atoms with E-state index in [4.69, 9.17) is 9.47 Å². The zero-order valence-electron chi connectivity index (χ0n) is 18.6. The number of rotatable bonds is 8. The molecule has 174 valence electrons. The molecule has 0 fully saturated rings. The van der Waals surface area contributed by atoms with Gasteiger partial charge in [-0.05, 0) is 48.9 Å². The van der Waals surface area contributed by atoms with Crippen molar-refractivity contribution in [3.8, 4) is 5.75 Å². The van der Waals surface area contributed by atoms with Crippen LogP contribution in [0.25, 0.3) is 0 Å². The Bertz CT molecular complexity index is 1170. The molecule has 1 heterocycles. The summed E-state index contributed by atoms with van der Waals surface area (Å²) in [6, 6.07) is 24.1. The van der Waals surface area contributed by atoms with Crippen LogP contribution in [0.15, 0.2) is 83.8 Å². The third-order valence-electron chi connectivity index (χ3n) is 5.14. The highest BCUT2D eigenvalue weighted by molar-refractivity contribution is 8.00. The molecule has 0 aliphatic carbocycles. The minimum absolute atomic E-state index is 0.174. The number of carbonyl (C=O) groups excluding carboxylic acids is 3. The van der Waals surface area contributed by atoms with Crippen molar-refractivity contribution in [1.82, 2.24) is 0 Å². The number of ether oxygens (including phenoxy) is 2. The molecule has 0 aromatic heterocycles. The van der Waals surface area contributed by atoms with Crippen LogP contribution in [0.5, 0.6) is 5.75 Å². The lowest BCUT2D eigenvalue weighted by molar-refractivity contribution is -0.152. The van der Waals surface area contributed by atoms with E-state index in [2.05, 4.69) is 5.32 Å². The first-order valence-electron chi connectivity index (χ1n) is 10.8. The fraction of sp³-hybridized carbons (Fsp3) is 0.192. The Hall–Kier alpha value is -3.78. The summed E-state index contributed by atoms with van der Waals surface area (Å²) in [5.41, 5.74) is 2.29. The molecule has 0 saturated heterocycles. The van der Waals surface area contributed by atoms with Gasteiger partial charge in [0.1, 0.15) is 18.9 Å². The van der Waals surface area contributed by atoms with Gasteiger partial charge in [-0.2, -0.15) is 0 Å². The van der Waals surface area contributed by atoms with E-state index in [1.807, 2.05) is 48.5 Å². The van der Waals surface area contributed by atoms with E-state index >= 15 is 0 Å². The zero-order valence-corrected chi connectivity index (χ0v) is 19.4. The van der Waals surface area contributed by atoms with Crippen LogP contribution in [0.3, 0.4) is 0 Å². The van der Waals surface area contributed by atoms with Crippen LogP contribution in [-0.2, 0) is 25.7 Å². The zero-order chi connectivity index (χ0) is 23.9. The molecule has 1 aliphatic heterocycles. The van der Waals surface area contributed by atoms with Gasteiger partial charge in [0.2, 0.25) is 5.91 Å². The normalized spacial score (nSPS) is 13.6. The number of para-hydroxylation sites is 1. The lowest BCUT2D eigenvalue weighted by Crippen LogP contribution is -2.41. The number of nitrogens with one attached hydrogen (secondary N) is 1. The van der Waals surface area contributed by atoms with Gasteiger partial charge in [0.25, 0.3) is 5.91 Å². The van der Waals surface area contributed by atoms with Gasteiger partial charge >= 0.3 is 5.97 Å². The third kappa shape index (κ3) is 5.96. The summed E-state index contributed by atoms with van der Waals surface area (Å²) in [6.07, 6.45) is -1.02. The maximum absolute atomic E-state index is 12.5. The lowest BCUT2D eigenvalue weighted by atomic mass is 10.2. The van der Waals surface area contributed by atoms with E-state index < -0.39 is 18.0 Å². The Labute approximate surface area is 202 Å². The average molecular weight is 477 g/mol. The van der Waals surface area contributed by atoms with Crippen molar-refractivity contribution in [2.45, 2.75) is 24.5 Å². The highest BCUT2D eigenvalue weighted by Crippen LogP contribution is 2.34. The number of fused-ring (bicyclic) bond motifs is 1. The van der Waals surface area contributed by atoms with Crippen LogP contribution >= 0.6 is 11.8 Å². The van der Waals surface area contributed by atoms with E-state index in [1.54, 1.807) is 30.3 Å². The van der Waals surface area contributed by atoms with Crippen molar-refractivity contribution in [3.63, 3.8) is 0 Å². The Morgan fingerprint density at radius 2 is 1.71 bits per heavy atom. The lowest BCUT2D eigenvalue weighted by Gasteiger charge is -2.28. The summed E-state index contributed by atoms with van der Waals surface area (Å²) in [4.78, 5) is 39.6. The largest absolute Gasteiger partial charge is 0.489 e. The third-order valence-corrected chi connectivity index (χ3v) is 6.19. The maximum Gasteiger partial charge on any atom is 0.326 e. The SMILES string of the molecule is CC(OC(=O)CN1C(=O)CSc2ccccc21)C(=O)Nc1ccc(OCc2ccccc2)cc1. The predicted octanol–water partition coefficient (Wildman–Crippen LogP) is 4.27. The second kappa shape index (κ2) is 10.9. The second-order valence-electron chi connectivity index (χ2n) is 7.66. The topological polar surface area (TPSA) is 84.9 Å². The summed E-state index contributed by atoms with van der Waals surface area (Å²) in [6.45, 7) is 1.69. The van der Waals surface area contributed by atoms with Crippen LogP contribution in [0.2, 0.25) is 0 Å². The minimum Gasteiger partial charge on any atom is -0.489 e. The molecule has 0 saturated carbocycles. The summed E-state index contributed by atoms with van der Waals surface area (Å²) >= 11 is 1.43. The van der Waals surface area contributed by atoms with Crippen LogP contribution in [0.4, 0.5) is 11.4 Å². The van der Waals surface area contributed by atoms with Gasteiger partial charge in [-0.25, -0.2) is 0 Å². The van der Waals surface area contributed by atoms with Crippen LogP contribution in [-0.4, -0.2) is 36.2 Å². The first-order valence-corrected chi connectivity index (χ1v) is 11.8. The number of benzene rings is 3. The van der Waals surface area contributed by atoms with Crippen molar-refractivity contribution in [1.29, 1.82) is 0 Å². The Kier molecular flexibility index (Phi) is 7.49. The molecule has 0 bridgehead atoms. The molecule has 0 radical (unpaired) electrons. The molecule has 8 heteroatoms. The average Bonchev–Trinajstić information content (AvgIpc) is 2.86. The number of carbonyl (C=O) groups is 3.